The van der Waals surface area contributed by atoms with Crippen molar-refractivity contribution in [2.75, 3.05) is 0 Å². The Labute approximate surface area is 76.5 Å². The zero-order valence-corrected chi connectivity index (χ0v) is 8.80. The first-order valence-electron chi connectivity index (χ1n) is 4.86. The van der Waals surface area contributed by atoms with Gasteiger partial charge in [-0.15, -0.1) is 0 Å². The Hall–Kier alpha value is -0.300. The van der Waals surface area contributed by atoms with E-state index in [4.69, 9.17) is 5.11 Å². The summed E-state index contributed by atoms with van der Waals surface area (Å²) in [5.74, 6) is 0.742. The van der Waals surface area contributed by atoms with Crippen LogP contribution >= 0.6 is 0 Å². The van der Waals surface area contributed by atoms with E-state index in [0.29, 0.717) is 0 Å². The van der Waals surface area contributed by atoms with Gasteiger partial charge in [0.1, 0.15) is 0 Å². The fraction of sp³-hybridized carbons (Fsp3) is 0.818. The van der Waals surface area contributed by atoms with Gasteiger partial charge in [-0.25, -0.2) is 0 Å². The number of allylic oxidation sites excluding steroid dienone is 2. The maximum absolute atomic E-state index is 9.05. The maximum Gasteiger partial charge on any atom is 0.0515 e. The van der Waals surface area contributed by atoms with Gasteiger partial charge in [0, 0.05) is 0 Å². The number of hydrogen-bond acceptors (Lipinski definition) is 1. The molecule has 1 heteroatoms. The van der Waals surface area contributed by atoms with Crippen molar-refractivity contribution < 1.29 is 5.11 Å². The molecular weight excluding hydrogens is 148 g/mol. The molecule has 0 fully saturated rings. The minimum absolute atomic E-state index is 0.160. The average molecular weight is 170 g/mol. The normalized spacial score (nSPS) is 15.3. The molecule has 0 aromatic carbocycles. The number of aliphatic hydroxyl groups is 1. The molecule has 0 aromatic heterocycles. The van der Waals surface area contributed by atoms with Crippen molar-refractivity contribution in [2.45, 2.75) is 53.1 Å². The Morgan fingerprint density at radius 1 is 1.33 bits per heavy atom. The molecule has 0 heterocycles. The van der Waals surface area contributed by atoms with Gasteiger partial charge in [0.2, 0.25) is 0 Å². The molecule has 1 N–H and O–H groups in total. The molecule has 12 heavy (non-hydrogen) atoms. The third-order valence-electron chi connectivity index (χ3n) is 1.89. The van der Waals surface area contributed by atoms with Gasteiger partial charge in [0.25, 0.3) is 0 Å². The highest BCUT2D eigenvalue weighted by Crippen LogP contribution is 2.10. The van der Waals surface area contributed by atoms with Crippen molar-refractivity contribution in [2.24, 2.45) is 5.92 Å². The largest absolute Gasteiger partial charge is 0.393 e. The summed E-state index contributed by atoms with van der Waals surface area (Å²) in [6.45, 7) is 8.43. The zero-order valence-electron chi connectivity index (χ0n) is 8.80. The molecule has 0 aliphatic carbocycles. The molecule has 0 aliphatic heterocycles. The average Bonchev–Trinajstić information content (AvgIpc) is 1.96. The van der Waals surface area contributed by atoms with E-state index in [1.54, 1.807) is 0 Å². The first-order valence-corrected chi connectivity index (χ1v) is 4.86. The minimum Gasteiger partial charge on any atom is -0.393 e. The van der Waals surface area contributed by atoms with E-state index in [1.807, 2.05) is 6.92 Å². The summed E-state index contributed by atoms with van der Waals surface area (Å²) in [5.41, 5.74) is 1.41. The number of aliphatic hydroxyl groups excluding tert-OH is 1. The Balaban J connectivity index is 3.56. The molecule has 1 nitrogen and oxygen atoms in total. The van der Waals surface area contributed by atoms with E-state index in [-0.39, 0.29) is 6.10 Å². The van der Waals surface area contributed by atoms with Gasteiger partial charge in [-0.2, -0.15) is 0 Å². The van der Waals surface area contributed by atoms with Gasteiger partial charge in [0.15, 0.2) is 0 Å². The predicted octanol–water partition coefficient (Wildman–Crippen LogP) is 3.14. The van der Waals surface area contributed by atoms with Gasteiger partial charge < -0.3 is 5.11 Å². The number of hydrogen-bond donors (Lipinski definition) is 1. The fourth-order valence-corrected chi connectivity index (χ4v) is 0.976. The zero-order chi connectivity index (χ0) is 9.56. The van der Waals surface area contributed by atoms with Crippen LogP contribution in [-0.4, -0.2) is 11.2 Å². The second-order valence-electron chi connectivity index (χ2n) is 4.07. The lowest BCUT2D eigenvalue weighted by Crippen LogP contribution is -1.98. The topological polar surface area (TPSA) is 20.2 Å². The summed E-state index contributed by atoms with van der Waals surface area (Å²) in [6, 6.07) is 0. The lowest BCUT2D eigenvalue weighted by Gasteiger charge is -2.05. The standard InChI is InChI=1S/C11H22O/c1-9(2)5-6-10(3)7-8-11(4)12/h6,9,11-12H,5,7-8H2,1-4H3/b10-6+. The first-order chi connectivity index (χ1) is 5.52. The van der Waals surface area contributed by atoms with Crippen LogP contribution in [0.5, 0.6) is 0 Å². The van der Waals surface area contributed by atoms with Crippen molar-refractivity contribution in [3.8, 4) is 0 Å². The van der Waals surface area contributed by atoms with Crippen molar-refractivity contribution in [1.29, 1.82) is 0 Å². The molecule has 1 atom stereocenters. The van der Waals surface area contributed by atoms with Crippen molar-refractivity contribution >= 4 is 0 Å². The highest BCUT2D eigenvalue weighted by Gasteiger charge is 1.96. The van der Waals surface area contributed by atoms with Crippen LogP contribution in [0.25, 0.3) is 0 Å². The predicted molar refractivity (Wildman–Crippen MR) is 54.1 cm³/mol. The van der Waals surface area contributed by atoms with E-state index in [9.17, 15) is 0 Å². The molecular formula is C11H22O. The van der Waals surface area contributed by atoms with E-state index >= 15 is 0 Å². The quantitative estimate of drug-likeness (QED) is 0.628. The van der Waals surface area contributed by atoms with Crippen LogP contribution < -0.4 is 0 Å². The molecule has 0 amide bonds. The summed E-state index contributed by atoms with van der Waals surface area (Å²) >= 11 is 0. The van der Waals surface area contributed by atoms with E-state index < -0.39 is 0 Å². The number of rotatable bonds is 5. The SMILES string of the molecule is C/C(=C\CC(C)C)CCC(C)O. The van der Waals surface area contributed by atoms with E-state index in [1.165, 1.54) is 5.57 Å². The third-order valence-corrected chi connectivity index (χ3v) is 1.89. The van der Waals surface area contributed by atoms with Crippen LogP contribution in [0.3, 0.4) is 0 Å². The summed E-state index contributed by atoms with van der Waals surface area (Å²) in [6.07, 6.45) is 5.20. The van der Waals surface area contributed by atoms with Crippen molar-refractivity contribution in [1.82, 2.24) is 0 Å². The Morgan fingerprint density at radius 3 is 2.33 bits per heavy atom. The molecule has 72 valence electrons. The molecule has 0 saturated carbocycles. The Morgan fingerprint density at radius 2 is 1.92 bits per heavy atom. The lowest BCUT2D eigenvalue weighted by atomic mass is 10.0. The smallest absolute Gasteiger partial charge is 0.0515 e. The molecule has 0 spiro atoms. The highest BCUT2D eigenvalue weighted by atomic mass is 16.3. The van der Waals surface area contributed by atoms with Gasteiger partial charge in [-0.1, -0.05) is 25.5 Å². The molecule has 1 unspecified atom stereocenters. The second kappa shape index (κ2) is 6.24. The van der Waals surface area contributed by atoms with Crippen LogP contribution in [-0.2, 0) is 0 Å². The van der Waals surface area contributed by atoms with Crippen LogP contribution in [0.2, 0.25) is 0 Å². The third kappa shape index (κ3) is 7.80. The first kappa shape index (κ1) is 11.7. The summed E-state index contributed by atoms with van der Waals surface area (Å²) < 4.78 is 0. The molecule has 0 saturated heterocycles. The van der Waals surface area contributed by atoms with Crippen LogP contribution in [0, 0.1) is 5.92 Å². The Bertz CT molecular complexity index is 134. The summed E-state index contributed by atoms with van der Waals surface area (Å²) in [4.78, 5) is 0. The monoisotopic (exact) mass is 170 g/mol. The van der Waals surface area contributed by atoms with Gasteiger partial charge in [-0.3, -0.25) is 0 Å². The van der Waals surface area contributed by atoms with Crippen molar-refractivity contribution in [3.05, 3.63) is 11.6 Å². The molecule has 0 aliphatic rings. The van der Waals surface area contributed by atoms with Gasteiger partial charge in [0.05, 0.1) is 6.10 Å². The molecule has 0 aromatic rings. The van der Waals surface area contributed by atoms with Crippen LogP contribution in [0.15, 0.2) is 11.6 Å². The van der Waals surface area contributed by atoms with Gasteiger partial charge in [-0.05, 0) is 39.0 Å². The molecule has 0 radical (unpaired) electrons. The minimum atomic E-state index is -0.160. The second-order valence-corrected chi connectivity index (χ2v) is 4.07. The van der Waals surface area contributed by atoms with E-state index in [0.717, 1.165) is 25.2 Å². The van der Waals surface area contributed by atoms with Crippen LogP contribution in [0.1, 0.15) is 47.0 Å². The fourth-order valence-electron chi connectivity index (χ4n) is 0.976. The molecule has 0 rings (SSSR count). The molecule has 0 bridgehead atoms. The highest BCUT2D eigenvalue weighted by molar-refractivity contribution is 4.98. The maximum atomic E-state index is 9.05. The Kier molecular flexibility index (Phi) is 6.09. The summed E-state index contributed by atoms with van der Waals surface area (Å²) in [7, 11) is 0. The summed E-state index contributed by atoms with van der Waals surface area (Å²) in [5, 5.41) is 9.05. The van der Waals surface area contributed by atoms with Crippen molar-refractivity contribution in [3.63, 3.8) is 0 Å². The van der Waals surface area contributed by atoms with Crippen LogP contribution in [0.4, 0.5) is 0 Å². The van der Waals surface area contributed by atoms with E-state index in [2.05, 4.69) is 26.8 Å². The lowest BCUT2D eigenvalue weighted by molar-refractivity contribution is 0.185. The van der Waals surface area contributed by atoms with Gasteiger partial charge >= 0.3 is 0 Å².